The predicted octanol–water partition coefficient (Wildman–Crippen LogP) is 0.665. The molecule has 0 bridgehead atoms. The van der Waals surface area contributed by atoms with Crippen molar-refractivity contribution in [1.82, 2.24) is 0 Å². The number of hydrogen-bond donors (Lipinski definition) is 2. The fourth-order valence-electron chi connectivity index (χ4n) is 1.55. The zero-order valence-electron chi connectivity index (χ0n) is 7.82. The molecule has 4 heteroatoms. The van der Waals surface area contributed by atoms with E-state index in [4.69, 9.17) is 15.2 Å². The lowest BCUT2D eigenvalue weighted by Crippen LogP contribution is -2.17. The molecule has 2 rings (SSSR count). The van der Waals surface area contributed by atoms with Gasteiger partial charge in [-0.05, 0) is 19.0 Å². The first-order valence-corrected chi connectivity index (χ1v) is 4.63. The third kappa shape index (κ3) is 1.61. The first kappa shape index (κ1) is 9.15. The molecule has 0 radical (unpaired) electrons. The summed E-state index contributed by atoms with van der Waals surface area (Å²) in [4.78, 5) is 0. The van der Waals surface area contributed by atoms with Crippen LogP contribution in [0.2, 0.25) is 0 Å². The van der Waals surface area contributed by atoms with Crippen molar-refractivity contribution in [3.8, 4) is 17.2 Å². The second-order valence-electron chi connectivity index (χ2n) is 3.17. The van der Waals surface area contributed by atoms with E-state index in [-0.39, 0.29) is 5.75 Å². The Kier molecular flexibility index (Phi) is 2.45. The summed E-state index contributed by atoms with van der Waals surface area (Å²) >= 11 is 0. The summed E-state index contributed by atoms with van der Waals surface area (Å²) in [6, 6.07) is 3.23. The van der Waals surface area contributed by atoms with Crippen molar-refractivity contribution in [2.45, 2.75) is 6.42 Å². The lowest BCUT2D eigenvalue weighted by molar-refractivity contribution is 0.169. The second-order valence-corrected chi connectivity index (χ2v) is 3.17. The molecule has 0 unspecified atom stereocenters. The van der Waals surface area contributed by atoms with Crippen LogP contribution in [-0.2, 0) is 6.42 Å². The number of rotatable bonds is 2. The van der Waals surface area contributed by atoms with Gasteiger partial charge in [-0.15, -0.1) is 0 Å². The van der Waals surface area contributed by atoms with Crippen molar-refractivity contribution in [2.24, 2.45) is 5.73 Å². The van der Waals surface area contributed by atoms with E-state index in [2.05, 4.69) is 0 Å². The molecule has 14 heavy (non-hydrogen) atoms. The number of phenolic OH excluding ortho intramolecular Hbond substituents is 1. The maximum atomic E-state index is 9.42. The fraction of sp³-hybridized carbons (Fsp3) is 0.400. The summed E-state index contributed by atoms with van der Waals surface area (Å²) in [5, 5.41) is 9.42. The van der Waals surface area contributed by atoms with E-state index in [0.29, 0.717) is 31.9 Å². The van der Waals surface area contributed by atoms with Crippen LogP contribution < -0.4 is 15.2 Å². The van der Waals surface area contributed by atoms with Crippen molar-refractivity contribution >= 4 is 0 Å². The van der Waals surface area contributed by atoms with Gasteiger partial charge in [0.1, 0.15) is 19.0 Å². The molecule has 0 amide bonds. The lowest BCUT2D eigenvalue weighted by Gasteiger charge is -2.21. The van der Waals surface area contributed by atoms with Crippen LogP contribution in [0.25, 0.3) is 0 Å². The fourth-order valence-corrected chi connectivity index (χ4v) is 1.55. The van der Waals surface area contributed by atoms with Gasteiger partial charge in [0.05, 0.1) is 0 Å². The number of aromatic hydroxyl groups is 1. The van der Waals surface area contributed by atoms with Gasteiger partial charge < -0.3 is 20.3 Å². The molecule has 0 saturated heterocycles. The number of fused-ring (bicyclic) bond motifs is 1. The van der Waals surface area contributed by atoms with Crippen LogP contribution in [0.1, 0.15) is 5.56 Å². The smallest absolute Gasteiger partial charge is 0.165 e. The van der Waals surface area contributed by atoms with Crippen molar-refractivity contribution < 1.29 is 14.6 Å². The number of phenols is 1. The Balaban J connectivity index is 2.41. The Morgan fingerprint density at radius 3 is 2.86 bits per heavy atom. The van der Waals surface area contributed by atoms with Gasteiger partial charge >= 0.3 is 0 Å². The molecule has 0 saturated carbocycles. The van der Waals surface area contributed by atoms with Gasteiger partial charge in [-0.1, -0.05) is 0 Å². The van der Waals surface area contributed by atoms with E-state index in [1.807, 2.05) is 0 Å². The summed E-state index contributed by atoms with van der Waals surface area (Å²) < 4.78 is 10.8. The van der Waals surface area contributed by atoms with Crippen molar-refractivity contribution in [1.29, 1.82) is 0 Å². The van der Waals surface area contributed by atoms with Crippen molar-refractivity contribution in [3.63, 3.8) is 0 Å². The highest BCUT2D eigenvalue weighted by molar-refractivity contribution is 5.52. The van der Waals surface area contributed by atoms with Crippen LogP contribution in [0.15, 0.2) is 12.1 Å². The van der Waals surface area contributed by atoms with Crippen LogP contribution in [0.4, 0.5) is 0 Å². The number of hydrogen-bond acceptors (Lipinski definition) is 4. The van der Waals surface area contributed by atoms with Crippen molar-refractivity contribution in [3.05, 3.63) is 17.7 Å². The van der Waals surface area contributed by atoms with E-state index in [0.717, 1.165) is 11.3 Å². The number of nitrogens with two attached hydrogens (primary N) is 1. The first-order chi connectivity index (χ1) is 6.81. The Hall–Kier alpha value is -1.42. The highest BCUT2D eigenvalue weighted by atomic mass is 16.6. The quantitative estimate of drug-likeness (QED) is 0.727. The maximum Gasteiger partial charge on any atom is 0.165 e. The average Bonchev–Trinajstić information content (AvgIpc) is 2.18. The zero-order valence-corrected chi connectivity index (χ0v) is 7.82. The molecular weight excluding hydrogens is 182 g/mol. The van der Waals surface area contributed by atoms with E-state index in [1.54, 1.807) is 12.1 Å². The molecule has 1 aromatic carbocycles. The minimum atomic E-state index is 0.192. The minimum absolute atomic E-state index is 0.192. The van der Waals surface area contributed by atoms with E-state index in [1.165, 1.54) is 0 Å². The van der Waals surface area contributed by atoms with Gasteiger partial charge in [0.25, 0.3) is 0 Å². The molecule has 0 atom stereocenters. The van der Waals surface area contributed by atoms with Crippen LogP contribution >= 0.6 is 0 Å². The van der Waals surface area contributed by atoms with Gasteiger partial charge in [-0.25, -0.2) is 0 Å². The Labute approximate surface area is 82.2 Å². The predicted molar refractivity (Wildman–Crippen MR) is 51.9 cm³/mol. The normalized spacial score (nSPS) is 14.1. The van der Waals surface area contributed by atoms with Gasteiger partial charge in [0.15, 0.2) is 11.5 Å². The van der Waals surface area contributed by atoms with Crippen LogP contribution in [0, 0.1) is 0 Å². The highest BCUT2D eigenvalue weighted by Crippen LogP contribution is 2.37. The van der Waals surface area contributed by atoms with E-state index >= 15 is 0 Å². The molecule has 4 nitrogen and oxygen atoms in total. The standard InChI is InChI=1S/C10H13NO3/c11-2-1-7-5-8(12)6-9-10(7)14-4-3-13-9/h5-6,12H,1-4,11H2. The molecule has 3 N–H and O–H groups in total. The molecular formula is C10H13NO3. The van der Waals surface area contributed by atoms with Gasteiger partial charge in [0.2, 0.25) is 0 Å². The monoisotopic (exact) mass is 195 g/mol. The third-order valence-electron chi connectivity index (χ3n) is 2.12. The molecule has 0 aliphatic carbocycles. The Morgan fingerprint density at radius 1 is 1.29 bits per heavy atom. The Morgan fingerprint density at radius 2 is 2.07 bits per heavy atom. The van der Waals surface area contributed by atoms with Crippen LogP contribution in [0.5, 0.6) is 17.2 Å². The molecule has 0 fully saturated rings. The minimum Gasteiger partial charge on any atom is -0.508 e. The third-order valence-corrected chi connectivity index (χ3v) is 2.12. The zero-order chi connectivity index (χ0) is 9.97. The summed E-state index contributed by atoms with van der Waals surface area (Å²) in [5.41, 5.74) is 6.37. The molecule has 1 aliphatic rings. The van der Waals surface area contributed by atoms with Gasteiger partial charge in [0, 0.05) is 11.6 Å². The first-order valence-electron chi connectivity index (χ1n) is 4.63. The van der Waals surface area contributed by atoms with Crippen LogP contribution in [0.3, 0.4) is 0 Å². The Bertz CT molecular complexity index is 338. The van der Waals surface area contributed by atoms with Crippen LogP contribution in [-0.4, -0.2) is 24.9 Å². The SMILES string of the molecule is NCCc1cc(O)cc2c1OCCO2. The lowest BCUT2D eigenvalue weighted by atomic mass is 10.1. The van der Waals surface area contributed by atoms with E-state index in [9.17, 15) is 5.11 Å². The van der Waals surface area contributed by atoms with E-state index < -0.39 is 0 Å². The largest absolute Gasteiger partial charge is 0.508 e. The highest BCUT2D eigenvalue weighted by Gasteiger charge is 2.16. The topological polar surface area (TPSA) is 64.7 Å². The molecule has 76 valence electrons. The summed E-state index contributed by atoms with van der Waals surface area (Å²) in [6.07, 6.45) is 0.681. The number of ether oxygens (including phenoxy) is 2. The average molecular weight is 195 g/mol. The molecule has 1 aliphatic heterocycles. The summed E-state index contributed by atoms with van der Waals surface area (Å²) in [5.74, 6) is 1.52. The molecule has 1 aromatic rings. The van der Waals surface area contributed by atoms with Gasteiger partial charge in [-0.3, -0.25) is 0 Å². The number of benzene rings is 1. The summed E-state index contributed by atoms with van der Waals surface area (Å²) in [7, 11) is 0. The molecule has 0 spiro atoms. The maximum absolute atomic E-state index is 9.42. The molecule has 1 heterocycles. The van der Waals surface area contributed by atoms with Gasteiger partial charge in [-0.2, -0.15) is 0 Å². The summed E-state index contributed by atoms with van der Waals surface area (Å²) in [6.45, 7) is 1.60. The molecule has 0 aromatic heterocycles. The van der Waals surface area contributed by atoms with Crippen molar-refractivity contribution in [2.75, 3.05) is 19.8 Å². The second kappa shape index (κ2) is 3.75.